The number of carbonyl (C=O) groups is 1. The minimum atomic E-state index is -0.300. The minimum Gasteiger partial charge on any atom is -0.469 e. The number of halogens is 1. The fourth-order valence-corrected chi connectivity index (χ4v) is 3.58. The summed E-state index contributed by atoms with van der Waals surface area (Å²) >= 11 is 7.38. The first-order chi connectivity index (χ1) is 12.5. The Hall–Kier alpha value is -2.31. The summed E-state index contributed by atoms with van der Waals surface area (Å²) in [7, 11) is 1.35. The lowest BCUT2D eigenvalue weighted by atomic mass is 10.2. The van der Waals surface area contributed by atoms with Gasteiger partial charge in [-0.1, -0.05) is 41.1 Å². The van der Waals surface area contributed by atoms with Crippen molar-refractivity contribution in [3.05, 3.63) is 63.4 Å². The number of rotatable bonds is 5. The van der Waals surface area contributed by atoms with E-state index in [1.807, 2.05) is 31.2 Å². The predicted molar refractivity (Wildman–Crippen MR) is 104 cm³/mol. The van der Waals surface area contributed by atoms with Crippen LogP contribution >= 0.6 is 23.4 Å². The van der Waals surface area contributed by atoms with Crippen molar-refractivity contribution in [2.24, 2.45) is 0 Å². The molecule has 0 saturated heterocycles. The topological polar surface area (TPSA) is 61.2 Å². The van der Waals surface area contributed by atoms with Crippen LogP contribution < -0.4 is 5.56 Å². The lowest BCUT2D eigenvalue weighted by Crippen LogP contribution is -2.22. The van der Waals surface area contributed by atoms with Crippen molar-refractivity contribution in [2.75, 3.05) is 12.9 Å². The van der Waals surface area contributed by atoms with Crippen molar-refractivity contribution < 1.29 is 9.53 Å². The maximum Gasteiger partial charge on any atom is 0.306 e. The van der Waals surface area contributed by atoms with Crippen LogP contribution in [0.25, 0.3) is 16.6 Å². The summed E-state index contributed by atoms with van der Waals surface area (Å²) in [5.41, 5.74) is 2.19. The zero-order valence-corrected chi connectivity index (χ0v) is 15.9. The number of methoxy groups -OCH3 is 1. The van der Waals surface area contributed by atoms with Gasteiger partial charge in [0, 0.05) is 10.8 Å². The highest BCUT2D eigenvalue weighted by atomic mass is 35.5. The molecule has 3 rings (SSSR count). The van der Waals surface area contributed by atoms with Crippen molar-refractivity contribution in [3.8, 4) is 5.69 Å². The SMILES string of the molecule is COC(=O)CCSc1nc2cc(Cl)ccc2c(=O)n1-c1ccc(C)cc1. The van der Waals surface area contributed by atoms with E-state index in [1.54, 1.807) is 22.8 Å². The van der Waals surface area contributed by atoms with Crippen molar-refractivity contribution >= 4 is 40.2 Å². The first kappa shape index (κ1) is 18.5. The third-order valence-electron chi connectivity index (χ3n) is 3.86. The Kier molecular flexibility index (Phi) is 5.64. The molecule has 0 N–H and O–H groups in total. The molecule has 0 aliphatic rings. The summed E-state index contributed by atoms with van der Waals surface area (Å²) in [6, 6.07) is 12.7. The molecule has 7 heteroatoms. The second kappa shape index (κ2) is 7.93. The Balaban J connectivity index is 2.12. The summed E-state index contributed by atoms with van der Waals surface area (Å²) in [5, 5.41) is 1.52. The molecule has 1 aromatic heterocycles. The maximum atomic E-state index is 13.1. The van der Waals surface area contributed by atoms with Crippen LogP contribution in [-0.4, -0.2) is 28.4 Å². The summed E-state index contributed by atoms with van der Waals surface area (Å²) in [4.78, 5) is 29.1. The maximum absolute atomic E-state index is 13.1. The van der Waals surface area contributed by atoms with E-state index in [2.05, 4.69) is 9.72 Å². The monoisotopic (exact) mass is 388 g/mol. The molecule has 0 aliphatic carbocycles. The highest BCUT2D eigenvalue weighted by molar-refractivity contribution is 7.99. The number of benzene rings is 2. The molecular formula is C19H17ClN2O3S. The summed E-state index contributed by atoms with van der Waals surface area (Å²) in [5.74, 6) is 0.155. The molecule has 2 aromatic carbocycles. The average molecular weight is 389 g/mol. The van der Waals surface area contributed by atoms with Crippen LogP contribution in [0.2, 0.25) is 5.02 Å². The Morgan fingerprint density at radius 3 is 2.65 bits per heavy atom. The number of nitrogens with zero attached hydrogens (tertiary/aromatic N) is 2. The van der Waals surface area contributed by atoms with Gasteiger partial charge in [-0.3, -0.25) is 14.2 Å². The van der Waals surface area contributed by atoms with Gasteiger partial charge in [-0.05, 0) is 37.3 Å². The summed E-state index contributed by atoms with van der Waals surface area (Å²) in [6.07, 6.45) is 0.235. The molecule has 3 aromatic rings. The molecule has 0 radical (unpaired) electrons. The van der Waals surface area contributed by atoms with Crippen molar-refractivity contribution in [3.63, 3.8) is 0 Å². The molecule has 26 heavy (non-hydrogen) atoms. The number of hydrogen-bond acceptors (Lipinski definition) is 5. The number of aryl methyl sites for hydroxylation is 1. The van der Waals surface area contributed by atoms with Gasteiger partial charge < -0.3 is 4.74 Å². The first-order valence-corrected chi connectivity index (χ1v) is 9.35. The highest BCUT2D eigenvalue weighted by Crippen LogP contribution is 2.23. The van der Waals surface area contributed by atoms with Crippen LogP contribution in [0.3, 0.4) is 0 Å². The molecule has 0 saturated carbocycles. The lowest BCUT2D eigenvalue weighted by Gasteiger charge is -2.13. The number of hydrogen-bond donors (Lipinski definition) is 0. The quantitative estimate of drug-likeness (QED) is 0.375. The molecule has 0 unspecified atom stereocenters. The van der Waals surface area contributed by atoms with Crippen molar-refractivity contribution in [1.29, 1.82) is 0 Å². The molecule has 0 aliphatic heterocycles. The summed E-state index contributed by atoms with van der Waals surface area (Å²) < 4.78 is 6.23. The van der Waals surface area contributed by atoms with E-state index in [9.17, 15) is 9.59 Å². The molecular weight excluding hydrogens is 372 g/mol. The van der Waals surface area contributed by atoms with E-state index in [1.165, 1.54) is 18.9 Å². The van der Waals surface area contributed by atoms with Gasteiger partial charge in [0.25, 0.3) is 5.56 Å². The number of aromatic nitrogens is 2. The zero-order chi connectivity index (χ0) is 18.7. The van der Waals surface area contributed by atoms with Gasteiger partial charge in [0.05, 0.1) is 30.1 Å². The molecule has 5 nitrogen and oxygen atoms in total. The van der Waals surface area contributed by atoms with E-state index in [4.69, 9.17) is 11.6 Å². The lowest BCUT2D eigenvalue weighted by molar-refractivity contribution is -0.140. The van der Waals surface area contributed by atoms with Gasteiger partial charge in [-0.25, -0.2) is 4.98 Å². The normalized spacial score (nSPS) is 10.9. The van der Waals surface area contributed by atoms with Crippen LogP contribution in [0.4, 0.5) is 0 Å². The molecule has 0 bridgehead atoms. The molecule has 0 spiro atoms. The van der Waals surface area contributed by atoms with Gasteiger partial charge in [0.1, 0.15) is 0 Å². The minimum absolute atomic E-state index is 0.170. The van der Waals surface area contributed by atoms with E-state index in [0.717, 1.165) is 11.3 Å². The third kappa shape index (κ3) is 3.92. The summed E-state index contributed by atoms with van der Waals surface area (Å²) in [6.45, 7) is 1.99. The van der Waals surface area contributed by atoms with Crippen LogP contribution in [-0.2, 0) is 9.53 Å². The fraction of sp³-hybridized carbons (Fsp3) is 0.211. The van der Waals surface area contributed by atoms with Crippen LogP contribution in [0.1, 0.15) is 12.0 Å². The Morgan fingerprint density at radius 1 is 1.23 bits per heavy atom. The fourth-order valence-electron chi connectivity index (χ4n) is 2.48. The van der Waals surface area contributed by atoms with Crippen LogP contribution in [0.5, 0.6) is 0 Å². The second-order valence-corrected chi connectivity index (χ2v) is 7.21. The van der Waals surface area contributed by atoms with Crippen LogP contribution in [0, 0.1) is 6.92 Å². The first-order valence-electron chi connectivity index (χ1n) is 7.98. The van der Waals surface area contributed by atoms with Gasteiger partial charge in [0.2, 0.25) is 0 Å². The largest absolute Gasteiger partial charge is 0.469 e. The highest BCUT2D eigenvalue weighted by Gasteiger charge is 2.14. The number of ether oxygens (including phenoxy) is 1. The molecule has 1 heterocycles. The number of carbonyl (C=O) groups excluding carboxylic acids is 1. The van der Waals surface area contributed by atoms with E-state index in [-0.39, 0.29) is 17.9 Å². The number of thioether (sulfide) groups is 1. The third-order valence-corrected chi connectivity index (χ3v) is 5.03. The van der Waals surface area contributed by atoms with Gasteiger partial charge >= 0.3 is 5.97 Å². The standard InChI is InChI=1S/C19H17ClN2O3S/c1-12-3-6-14(7-4-12)22-18(24)15-8-5-13(20)11-16(15)21-19(22)26-10-9-17(23)25-2/h3-8,11H,9-10H2,1-2H3. The molecule has 0 fully saturated rings. The molecule has 0 amide bonds. The molecule has 0 atom stereocenters. The van der Waals surface area contributed by atoms with Gasteiger partial charge in [-0.2, -0.15) is 0 Å². The average Bonchev–Trinajstić information content (AvgIpc) is 2.62. The van der Waals surface area contributed by atoms with Crippen molar-refractivity contribution in [2.45, 2.75) is 18.5 Å². The van der Waals surface area contributed by atoms with E-state index in [0.29, 0.717) is 26.8 Å². The Bertz CT molecular complexity index is 1020. The predicted octanol–water partition coefficient (Wildman–Crippen LogP) is 4.00. The van der Waals surface area contributed by atoms with Gasteiger partial charge in [-0.15, -0.1) is 0 Å². The van der Waals surface area contributed by atoms with E-state index >= 15 is 0 Å². The van der Waals surface area contributed by atoms with E-state index < -0.39 is 0 Å². The second-order valence-electron chi connectivity index (χ2n) is 5.71. The Morgan fingerprint density at radius 2 is 1.96 bits per heavy atom. The molecule has 134 valence electrons. The zero-order valence-electron chi connectivity index (χ0n) is 14.4. The number of esters is 1. The van der Waals surface area contributed by atoms with Gasteiger partial charge in [0.15, 0.2) is 5.16 Å². The van der Waals surface area contributed by atoms with Crippen LogP contribution in [0.15, 0.2) is 52.4 Å². The Labute approximate surface area is 160 Å². The smallest absolute Gasteiger partial charge is 0.306 e. The van der Waals surface area contributed by atoms with Crippen molar-refractivity contribution in [1.82, 2.24) is 9.55 Å². The number of fused-ring (bicyclic) bond motifs is 1.